The first kappa shape index (κ1) is 16.9. The van der Waals surface area contributed by atoms with Crippen molar-refractivity contribution in [3.05, 3.63) is 36.4 Å². The summed E-state index contributed by atoms with van der Waals surface area (Å²) in [6.07, 6.45) is 4.72. The molecule has 3 aliphatic rings. The standard InChI is InChI=1S/C20H24N2O4/c1-26-16-4-2-3-15(12-16)21-7-9-22(10-8-21)19(23)17-13-5-6-14(11-13)18(17)20(24)25/h2-6,12-14,17-18H,7-11H2,1H3,(H,24,25)/p-1/t13-,14-,17+,18-/m1/s1. The second kappa shape index (κ2) is 6.67. The number of hydrogen-bond donors (Lipinski definition) is 0. The van der Waals surface area contributed by atoms with Gasteiger partial charge in [0.2, 0.25) is 5.91 Å². The number of anilines is 1. The van der Waals surface area contributed by atoms with Gasteiger partial charge in [0, 0.05) is 49.8 Å². The molecule has 6 heteroatoms. The highest BCUT2D eigenvalue weighted by molar-refractivity contribution is 5.86. The van der Waals surface area contributed by atoms with Crippen molar-refractivity contribution in [3.63, 3.8) is 0 Å². The molecule has 1 aromatic rings. The number of carbonyl (C=O) groups is 2. The predicted molar refractivity (Wildman–Crippen MR) is 94.5 cm³/mol. The molecule has 1 heterocycles. The molecule has 138 valence electrons. The molecule has 2 fully saturated rings. The van der Waals surface area contributed by atoms with Crippen LogP contribution in [-0.2, 0) is 9.59 Å². The Balaban J connectivity index is 1.42. The van der Waals surface area contributed by atoms with Crippen LogP contribution in [0, 0.1) is 23.7 Å². The van der Waals surface area contributed by atoms with Crippen molar-refractivity contribution in [2.45, 2.75) is 6.42 Å². The smallest absolute Gasteiger partial charge is 0.227 e. The van der Waals surface area contributed by atoms with Crippen LogP contribution < -0.4 is 14.7 Å². The molecule has 0 aromatic heterocycles. The average Bonchev–Trinajstić information content (AvgIpc) is 3.29. The summed E-state index contributed by atoms with van der Waals surface area (Å²) in [5.41, 5.74) is 1.08. The zero-order valence-corrected chi connectivity index (χ0v) is 14.8. The van der Waals surface area contributed by atoms with E-state index in [9.17, 15) is 14.7 Å². The highest BCUT2D eigenvalue weighted by Crippen LogP contribution is 2.48. The number of methoxy groups -OCH3 is 1. The van der Waals surface area contributed by atoms with Crippen LogP contribution in [0.3, 0.4) is 0 Å². The van der Waals surface area contributed by atoms with Gasteiger partial charge in [0.15, 0.2) is 0 Å². The normalized spacial score (nSPS) is 29.9. The molecular formula is C20H23N2O4-. The number of carboxylic acid groups (broad SMARTS) is 1. The summed E-state index contributed by atoms with van der Waals surface area (Å²) in [6.45, 7) is 2.66. The summed E-state index contributed by atoms with van der Waals surface area (Å²) in [5.74, 6) is -1.43. The third kappa shape index (κ3) is 2.83. The fraction of sp³-hybridized carbons (Fsp3) is 0.500. The van der Waals surface area contributed by atoms with Gasteiger partial charge in [0.05, 0.1) is 13.0 Å². The van der Waals surface area contributed by atoms with Crippen molar-refractivity contribution in [2.24, 2.45) is 23.7 Å². The predicted octanol–water partition coefficient (Wildman–Crippen LogP) is 0.532. The minimum Gasteiger partial charge on any atom is -0.550 e. The molecule has 26 heavy (non-hydrogen) atoms. The van der Waals surface area contributed by atoms with Crippen molar-refractivity contribution in [2.75, 3.05) is 38.2 Å². The summed E-state index contributed by atoms with van der Waals surface area (Å²) in [4.78, 5) is 28.6. The summed E-state index contributed by atoms with van der Waals surface area (Å²) in [6, 6.07) is 7.89. The van der Waals surface area contributed by atoms with Crippen LogP contribution in [0.25, 0.3) is 0 Å². The van der Waals surface area contributed by atoms with E-state index in [0.29, 0.717) is 13.1 Å². The van der Waals surface area contributed by atoms with Crippen LogP contribution in [0.15, 0.2) is 36.4 Å². The van der Waals surface area contributed by atoms with E-state index in [-0.39, 0.29) is 17.7 Å². The summed E-state index contributed by atoms with van der Waals surface area (Å²) >= 11 is 0. The minimum atomic E-state index is -1.09. The van der Waals surface area contributed by atoms with E-state index in [1.165, 1.54) is 0 Å². The third-order valence-corrected chi connectivity index (χ3v) is 6.03. The molecule has 4 atom stereocenters. The number of benzene rings is 1. The molecule has 0 unspecified atom stereocenters. The lowest BCUT2D eigenvalue weighted by Crippen LogP contribution is -2.53. The maximum absolute atomic E-state index is 13.0. The molecule has 0 N–H and O–H groups in total. The Hall–Kier alpha value is -2.50. The first-order valence-corrected chi connectivity index (χ1v) is 9.15. The third-order valence-electron chi connectivity index (χ3n) is 6.03. The van der Waals surface area contributed by atoms with Gasteiger partial charge in [0.25, 0.3) is 0 Å². The van der Waals surface area contributed by atoms with E-state index in [0.717, 1.165) is 30.9 Å². The topological polar surface area (TPSA) is 72.9 Å². The Morgan fingerprint density at radius 3 is 2.42 bits per heavy atom. The number of nitrogens with zero attached hydrogens (tertiary/aromatic N) is 2. The Kier molecular flexibility index (Phi) is 4.34. The van der Waals surface area contributed by atoms with Crippen LogP contribution in [-0.4, -0.2) is 50.1 Å². The summed E-state index contributed by atoms with van der Waals surface area (Å²) in [7, 11) is 1.65. The van der Waals surface area contributed by atoms with Crippen LogP contribution in [0.1, 0.15) is 6.42 Å². The van der Waals surface area contributed by atoms with Gasteiger partial charge < -0.3 is 24.4 Å². The van der Waals surface area contributed by atoms with Crippen LogP contribution in [0.2, 0.25) is 0 Å². The quantitative estimate of drug-likeness (QED) is 0.737. The van der Waals surface area contributed by atoms with Gasteiger partial charge >= 0.3 is 0 Å². The summed E-state index contributed by atoms with van der Waals surface area (Å²) in [5, 5.41) is 11.6. The maximum Gasteiger partial charge on any atom is 0.227 e. The van der Waals surface area contributed by atoms with E-state index >= 15 is 0 Å². The van der Waals surface area contributed by atoms with Gasteiger partial charge in [-0.3, -0.25) is 4.79 Å². The largest absolute Gasteiger partial charge is 0.550 e. The van der Waals surface area contributed by atoms with Gasteiger partial charge in [-0.05, 0) is 30.4 Å². The maximum atomic E-state index is 13.0. The lowest BCUT2D eigenvalue weighted by molar-refractivity contribution is -0.313. The van der Waals surface area contributed by atoms with Crippen molar-refractivity contribution < 1.29 is 19.4 Å². The minimum absolute atomic E-state index is 0.0265. The molecular weight excluding hydrogens is 332 g/mol. The number of carboxylic acids is 1. The van der Waals surface area contributed by atoms with E-state index in [1.807, 2.05) is 41.3 Å². The molecule has 2 aliphatic carbocycles. The first-order valence-electron chi connectivity index (χ1n) is 9.15. The van der Waals surface area contributed by atoms with E-state index in [1.54, 1.807) is 7.11 Å². The Labute approximate surface area is 153 Å². The van der Waals surface area contributed by atoms with Crippen molar-refractivity contribution >= 4 is 17.6 Å². The number of rotatable bonds is 4. The molecule has 4 rings (SSSR count). The van der Waals surface area contributed by atoms with Crippen molar-refractivity contribution in [1.82, 2.24) is 4.90 Å². The number of piperazine rings is 1. The highest BCUT2D eigenvalue weighted by atomic mass is 16.5. The van der Waals surface area contributed by atoms with Crippen molar-refractivity contribution in [3.8, 4) is 5.75 Å². The van der Waals surface area contributed by atoms with E-state index in [4.69, 9.17) is 4.74 Å². The molecule has 1 aliphatic heterocycles. The second-order valence-electron chi connectivity index (χ2n) is 7.33. The molecule has 1 aromatic carbocycles. The van der Waals surface area contributed by atoms with Crippen LogP contribution in [0.5, 0.6) is 5.75 Å². The second-order valence-corrected chi connectivity index (χ2v) is 7.33. The zero-order valence-electron chi connectivity index (χ0n) is 14.8. The molecule has 6 nitrogen and oxygen atoms in total. The van der Waals surface area contributed by atoms with Gasteiger partial charge in [-0.1, -0.05) is 18.2 Å². The van der Waals surface area contributed by atoms with E-state index in [2.05, 4.69) is 4.90 Å². The Morgan fingerprint density at radius 2 is 1.77 bits per heavy atom. The van der Waals surface area contributed by atoms with Gasteiger partial charge in [0.1, 0.15) is 5.75 Å². The number of allylic oxidation sites excluding steroid dienone is 2. The van der Waals surface area contributed by atoms with Crippen LogP contribution in [0.4, 0.5) is 5.69 Å². The monoisotopic (exact) mass is 355 g/mol. The Morgan fingerprint density at radius 1 is 1.08 bits per heavy atom. The number of ether oxygens (including phenoxy) is 1. The fourth-order valence-electron chi connectivity index (χ4n) is 4.68. The average molecular weight is 355 g/mol. The van der Waals surface area contributed by atoms with Gasteiger partial charge in [-0.25, -0.2) is 0 Å². The van der Waals surface area contributed by atoms with E-state index < -0.39 is 17.8 Å². The molecule has 1 saturated heterocycles. The fourth-order valence-corrected chi connectivity index (χ4v) is 4.68. The molecule has 2 bridgehead atoms. The lowest BCUT2D eigenvalue weighted by atomic mass is 9.82. The molecule has 1 saturated carbocycles. The number of amides is 1. The van der Waals surface area contributed by atoms with Gasteiger partial charge in [-0.15, -0.1) is 0 Å². The highest BCUT2D eigenvalue weighted by Gasteiger charge is 2.50. The number of hydrogen-bond acceptors (Lipinski definition) is 5. The SMILES string of the molecule is COc1cccc(N2CCN(C(=O)[C@@H]3[C@H](C(=O)[O-])[C@@H]4C=C[C@@H]3C4)CC2)c1. The zero-order chi connectivity index (χ0) is 18.3. The number of aliphatic carboxylic acids is 1. The summed E-state index contributed by atoms with van der Waals surface area (Å²) < 4.78 is 5.28. The molecule has 0 radical (unpaired) electrons. The molecule has 0 spiro atoms. The van der Waals surface area contributed by atoms with Crippen LogP contribution >= 0.6 is 0 Å². The molecule has 1 amide bonds. The lowest BCUT2D eigenvalue weighted by Gasteiger charge is -2.39. The number of carbonyl (C=O) groups excluding carboxylic acids is 2. The van der Waals surface area contributed by atoms with Gasteiger partial charge in [-0.2, -0.15) is 0 Å². The first-order chi connectivity index (χ1) is 12.6. The number of fused-ring (bicyclic) bond motifs is 2. The Bertz CT molecular complexity index is 739. The van der Waals surface area contributed by atoms with Crippen molar-refractivity contribution in [1.29, 1.82) is 0 Å².